The van der Waals surface area contributed by atoms with E-state index >= 15 is 0 Å². The minimum atomic E-state index is 0.0951. The Morgan fingerprint density at radius 1 is 1.44 bits per heavy atom. The topological polar surface area (TPSA) is 71.0 Å². The lowest BCUT2D eigenvalue weighted by molar-refractivity contribution is -0.117. The van der Waals surface area contributed by atoms with Crippen LogP contribution in [0.5, 0.6) is 0 Å². The Kier molecular flexibility index (Phi) is 3.29. The molecule has 2 aliphatic heterocycles. The highest BCUT2D eigenvalue weighted by Crippen LogP contribution is 2.19. The maximum absolute atomic E-state index is 12.0. The van der Waals surface area contributed by atoms with Crippen LogP contribution in [0.15, 0.2) is 12.3 Å². The van der Waals surface area contributed by atoms with E-state index in [9.17, 15) is 4.79 Å². The van der Waals surface area contributed by atoms with Gasteiger partial charge >= 0.3 is 0 Å². The zero-order valence-electron chi connectivity index (χ0n) is 10.4. The molecule has 6 nitrogen and oxygen atoms in total. The number of carbonyl (C=O) groups is 1. The highest BCUT2D eigenvalue weighted by atomic mass is 16.1. The molecule has 0 saturated carbocycles. The Morgan fingerprint density at radius 2 is 2.33 bits per heavy atom. The van der Waals surface area contributed by atoms with Crippen LogP contribution in [0.1, 0.15) is 18.9 Å². The van der Waals surface area contributed by atoms with Crippen molar-refractivity contribution in [3.05, 3.63) is 12.3 Å². The molecule has 6 heteroatoms. The molecule has 0 bridgehead atoms. The van der Waals surface area contributed by atoms with Crippen molar-refractivity contribution in [3.8, 4) is 0 Å². The normalized spacial score (nSPS) is 23.9. The monoisotopic (exact) mass is 249 g/mol. The number of nitrogens with one attached hydrogen (secondary N) is 3. The number of carbonyl (C=O) groups excluding carboxylic acids is 1. The summed E-state index contributed by atoms with van der Waals surface area (Å²) < 4.78 is 1.90. The molecule has 1 aromatic rings. The lowest BCUT2D eigenvalue weighted by Gasteiger charge is -2.28. The summed E-state index contributed by atoms with van der Waals surface area (Å²) in [5, 5.41) is 13.7. The lowest BCUT2D eigenvalue weighted by Crippen LogP contribution is -2.44. The molecule has 0 aromatic carbocycles. The molecule has 1 amide bonds. The summed E-state index contributed by atoms with van der Waals surface area (Å²) in [6.45, 7) is 3.84. The van der Waals surface area contributed by atoms with E-state index in [1.54, 1.807) is 6.20 Å². The fraction of sp³-hybridized carbons (Fsp3) is 0.667. The van der Waals surface area contributed by atoms with Gasteiger partial charge in [0.2, 0.25) is 5.91 Å². The Balaban J connectivity index is 1.57. The first-order chi connectivity index (χ1) is 8.83. The zero-order chi connectivity index (χ0) is 12.4. The van der Waals surface area contributed by atoms with Crippen molar-refractivity contribution in [1.29, 1.82) is 0 Å². The van der Waals surface area contributed by atoms with Gasteiger partial charge in [0.05, 0.1) is 12.2 Å². The summed E-state index contributed by atoms with van der Waals surface area (Å²) in [5.74, 6) is 1.39. The quantitative estimate of drug-likeness (QED) is 0.700. The van der Waals surface area contributed by atoms with Crippen molar-refractivity contribution < 1.29 is 4.79 Å². The molecule has 0 radical (unpaired) electrons. The molecule has 1 aromatic heterocycles. The molecule has 1 atom stereocenters. The summed E-state index contributed by atoms with van der Waals surface area (Å²) >= 11 is 0. The van der Waals surface area contributed by atoms with Gasteiger partial charge in [0.15, 0.2) is 0 Å². The fourth-order valence-corrected chi connectivity index (χ4v) is 2.50. The first-order valence-electron chi connectivity index (χ1n) is 6.58. The molecular weight excluding hydrogens is 230 g/mol. The van der Waals surface area contributed by atoms with Gasteiger partial charge in [-0.25, -0.2) is 4.68 Å². The van der Waals surface area contributed by atoms with Crippen LogP contribution < -0.4 is 16.0 Å². The van der Waals surface area contributed by atoms with Gasteiger partial charge in [0.25, 0.3) is 0 Å². The molecule has 1 unspecified atom stereocenters. The second-order valence-electron chi connectivity index (χ2n) is 5.08. The van der Waals surface area contributed by atoms with Crippen LogP contribution in [0.2, 0.25) is 0 Å². The molecule has 18 heavy (non-hydrogen) atoms. The molecule has 2 fully saturated rings. The van der Waals surface area contributed by atoms with Gasteiger partial charge in [-0.05, 0) is 25.4 Å². The van der Waals surface area contributed by atoms with Crippen molar-refractivity contribution in [3.63, 3.8) is 0 Å². The van der Waals surface area contributed by atoms with E-state index in [1.165, 1.54) is 0 Å². The Hall–Kier alpha value is -1.40. The summed E-state index contributed by atoms with van der Waals surface area (Å²) in [5.41, 5.74) is 0. The molecule has 3 rings (SSSR count). The molecule has 3 heterocycles. The van der Waals surface area contributed by atoms with Gasteiger partial charge in [0, 0.05) is 25.6 Å². The Morgan fingerprint density at radius 3 is 3.00 bits per heavy atom. The van der Waals surface area contributed by atoms with Crippen molar-refractivity contribution in [2.75, 3.05) is 31.5 Å². The average Bonchev–Trinajstić information content (AvgIpc) is 2.89. The van der Waals surface area contributed by atoms with Gasteiger partial charge in [-0.3, -0.25) is 4.79 Å². The Bertz CT molecular complexity index is 420. The molecule has 98 valence electrons. The predicted octanol–water partition coefficient (Wildman–Crippen LogP) is -0.0345. The maximum atomic E-state index is 12.0. The van der Waals surface area contributed by atoms with Crippen LogP contribution in [0, 0.1) is 5.92 Å². The van der Waals surface area contributed by atoms with Crippen molar-refractivity contribution in [2.24, 2.45) is 5.92 Å². The number of rotatable bonds is 4. The summed E-state index contributed by atoms with van der Waals surface area (Å²) in [4.78, 5) is 12.0. The largest absolute Gasteiger partial charge is 0.316 e. The lowest BCUT2D eigenvalue weighted by atomic mass is 10.0. The second-order valence-corrected chi connectivity index (χ2v) is 5.08. The first-order valence-corrected chi connectivity index (χ1v) is 6.58. The SMILES string of the molecule is O=C(CC1CCNC1)Nc1ccnn1C1CNC1. The molecule has 2 aliphatic rings. The second kappa shape index (κ2) is 5.07. The summed E-state index contributed by atoms with van der Waals surface area (Å²) in [6.07, 6.45) is 3.44. The molecule has 0 spiro atoms. The average molecular weight is 249 g/mol. The minimum absolute atomic E-state index is 0.0951. The highest BCUT2D eigenvalue weighted by molar-refractivity contribution is 5.90. The van der Waals surface area contributed by atoms with Crippen LogP contribution in [0.25, 0.3) is 0 Å². The van der Waals surface area contributed by atoms with E-state index in [2.05, 4.69) is 21.0 Å². The van der Waals surface area contributed by atoms with E-state index in [0.717, 1.165) is 38.4 Å². The van der Waals surface area contributed by atoms with Gasteiger partial charge < -0.3 is 16.0 Å². The van der Waals surface area contributed by atoms with Gasteiger partial charge in [-0.1, -0.05) is 0 Å². The highest BCUT2D eigenvalue weighted by Gasteiger charge is 2.23. The van der Waals surface area contributed by atoms with Gasteiger partial charge in [0.1, 0.15) is 5.82 Å². The van der Waals surface area contributed by atoms with Crippen molar-refractivity contribution in [2.45, 2.75) is 18.9 Å². The molecule has 2 saturated heterocycles. The van der Waals surface area contributed by atoms with E-state index in [-0.39, 0.29) is 5.91 Å². The summed E-state index contributed by atoms with van der Waals surface area (Å²) in [7, 11) is 0. The van der Waals surface area contributed by atoms with Crippen LogP contribution in [0.4, 0.5) is 5.82 Å². The van der Waals surface area contributed by atoms with E-state index in [4.69, 9.17) is 0 Å². The standard InChI is InChI=1S/C12H19N5O/c18-12(5-9-1-3-13-6-9)16-11-2-4-15-17(11)10-7-14-8-10/h2,4,9-10,13-14H,1,3,5-8H2,(H,16,18). The third-order valence-electron chi connectivity index (χ3n) is 3.68. The molecular formula is C12H19N5O. The van der Waals surface area contributed by atoms with Crippen molar-refractivity contribution in [1.82, 2.24) is 20.4 Å². The minimum Gasteiger partial charge on any atom is -0.316 e. The van der Waals surface area contributed by atoms with Crippen LogP contribution in [-0.2, 0) is 4.79 Å². The Labute approximate surface area is 106 Å². The first kappa shape index (κ1) is 11.7. The number of hydrogen-bond donors (Lipinski definition) is 3. The number of anilines is 1. The number of amides is 1. The maximum Gasteiger partial charge on any atom is 0.225 e. The van der Waals surface area contributed by atoms with Gasteiger partial charge in [-0.2, -0.15) is 5.10 Å². The third-order valence-corrected chi connectivity index (χ3v) is 3.68. The van der Waals surface area contributed by atoms with Crippen LogP contribution in [-0.4, -0.2) is 41.9 Å². The molecule has 0 aliphatic carbocycles. The number of aromatic nitrogens is 2. The molecule has 3 N–H and O–H groups in total. The zero-order valence-corrected chi connectivity index (χ0v) is 10.4. The third kappa shape index (κ3) is 2.39. The number of nitrogens with zero attached hydrogens (tertiary/aromatic N) is 2. The summed E-state index contributed by atoms with van der Waals surface area (Å²) in [6, 6.07) is 2.24. The van der Waals surface area contributed by atoms with Crippen molar-refractivity contribution >= 4 is 11.7 Å². The fourth-order valence-electron chi connectivity index (χ4n) is 2.50. The smallest absolute Gasteiger partial charge is 0.225 e. The predicted molar refractivity (Wildman–Crippen MR) is 68.4 cm³/mol. The van der Waals surface area contributed by atoms with Crippen LogP contribution in [0.3, 0.4) is 0 Å². The van der Waals surface area contributed by atoms with E-state index in [1.807, 2.05) is 10.7 Å². The van der Waals surface area contributed by atoms with Gasteiger partial charge in [-0.15, -0.1) is 0 Å². The van der Waals surface area contributed by atoms with Crippen LogP contribution >= 0.6 is 0 Å². The number of hydrogen-bond acceptors (Lipinski definition) is 4. The van der Waals surface area contributed by atoms with E-state index in [0.29, 0.717) is 18.4 Å². The van der Waals surface area contributed by atoms with E-state index < -0.39 is 0 Å².